The van der Waals surface area contributed by atoms with Crippen molar-refractivity contribution in [3.63, 3.8) is 0 Å². The zero-order valence-corrected chi connectivity index (χ0v) is 15.5. The second kappa shape index (κ2) is 9.11. The summed E-state index contributed by atoms with van der Waals surface area (Å²) < 4.78 is 11.1. The van der Waals surface area contributed by atoms with Gasteiger partial charge in [-0.05, 0) is 62.4 Å². The molecule has 0 aliphatic rings. The zero-order chi connectivity index (χ0) is 18.2. The second-order valence-corrected chi connectivity index (χ2v) is 6.16. The van der Waals surface area contributed by atoms with Crippen molar-refractivity contribution in [2.45, 2.75) is 39.7 Å². The van der Waals surface area contributed by atoms with E-state index in [1.807, 2.05) is 56.3 Å². The highest BCUT2D eigenvalue weighted by atomic mass is 16.5. The van der Waals surface area contributed by atoms with Crippen molar-refractivity contribution in [1.29, 1.82) is 0 Å². The summed E-state index contributed by atoms with van der Waals surface area (Å²) in [5.74, 6) is 1.55. The van der Waals surface area contributed by atoms with Crippen LogP contribution in [0.15, 0.2) is 42.5 Å². The topological polar surface area (TPSA) is 47.6 Å². The number of methoxy groups -OCH3 is 1. The lowest BCUT2D eigenvalue weighted by Crippen LogP contribution is -2.37. The molecule has 2 rings (SSSR count). The lowest BCUT2D eigenvalue weighted by molar-refractivity contribution is -0.127. The molecule has 0 fully saturated rings. The van der Waals surface area contributed by atoms with Crippen molar-refractivity contribution in [3.8, 4) is 11.5 Å². The smallest absolute Gasteiger partial charge is 0.260 e. The highest BCUT2D eigenvalue weighted by molar-refractivity contribution is 5.80. The van der Waals surface area contributed by atoms with Crippen LogP contribution in [0.2, 0.25) is 0 Å². The minimum absolute atomic E-state index is 0.0964. The Labute approximate surface area is 150 Å². The summed E-state index contributed by atoms with van der Waals surface area (Å²) in [6.45, 7) is 6.42. The van der Waals surface area contributed by atoms with E-state index in [4.69, 9.17) is 9.47 Å². The number of aryl methyl sites for hydroxylation is 2. The number of carbonyl (C=O) groups is 1. The Kier molecular flexibility index (Phi) is 6.87. The summed E-state index contributed by atoms with van der Waals surface area (Å²) >= 11 is 0. The first kappa shape index (κ1) is 18.8. The van der Waals surface area contributed by atoms with Crippen LogP contribution in [0.4, 0.5) is 0 Å². The maximum absolute atomic E-state index is 12.2. The highest BCUT2D eigenvalue weighted by Gasteiger charge is 2.15. The first-order valence-corrected chi connectivity index (χ1v) is 8.65. The molecule has 1 atom stereocenters. The molecule has 0 saturated heterocycles. The molecule has 0 saturated carbocycles. The molecule has 0 unspecified atom stereocenters. The van der Waals surface area contributed by atoms with Crippen molar-refractivity contribution in [2.24, 2.45) is 0 Å². The summed E-state index contributed by atoms with van der Waals surface area (Å²) in [4.78, 5) is 12.2. The van der Waals surface area contributed by atoms with Gasteiger partial charge < -0.3 is 14.8 Å². The van der Waals surface area contributed by atoms with Crippen molar-refractivity contribution < 1.29 is 14.3 Å². The lowest BCUT2D eigenvalue weighted by Gasteiger charge is -2.17. The molecule has 0 aromatic heterocycles. The Morgan fingerprint density at radius 3 is 2.56 bits per heavy atom. The molecule has 0 aliphatic heterocycles. The van der Waals surface area contributed by atoms with E-state index in [9.17, 15) is 4.79 Å². The standard InChI is InChI=1S/C21H27NO3/c1-15-9-7-13-19(16(15)2)25-17(3)21(23)22-14-8-11-18-10-5-6-12-20(18)24-4/h5-7,9-10,12-13,17H,8,11,14H2,1-4H3,(H,22,23)/t17-/m1/s1. The number of para-hydroxylation sites is 1. The van der Waals surface area contributed by atoms with E-state index in [1.54, 1.807) is 14.0 Å². The van der Waals surface area contributed by atoms with Gasteiger partial charge in [-0.2, -0.15) is 0 Å². The summed E-state index contributed by atoms with van der Waals surface area (Å²) in [6.07, 6.45) is 1.19. The largest absolute Gasteiger partial charge is 0.496 e. The molecular formula is C21H27NO3. The fraction of sp³-hybridized carbons (Fsp3) is 0.381. The molecule has 4 heteroatoms. The van der Waals surface area contributed by atoms with E-state index in [1.165, 1.54) is 0 Å². The van der Waals surface area contributed by atoms with Gasteiger partial charge in [-0.1, -0.05) is 30.3 Å². The Bertz CT molecular complexity index is 712. The van der Waals surface area contributed by atoms with Gasteiger partial charge in [0.25, 0.3) is 5.91 Å². The van der Waals surface area contributed by atoms with Crippen molar-refractivity contribution >= 4 is 5.91 Å². The first-order valence-electron chi connectivity index (χ1n) is 8.65. The summed E-state index contributed by atoms with van der Waals surface area (Å²) in [6, 6.07) is 13.8. The lowest BCUT2D eigenvalue weighted by atomic mass is 10.1. The maximum atomic E-state index is 12.2. The minimum atomic E-state index is -0.522. The summed E-state index contributed by atoms with van der Waals surface area (Å²) in [7, 11) is 1.67. The van der Waals surface area contributed by atoms with Crippen LogP contribution in [0.5, 0.6) is 11.5 Å². The Hall–Kier alpha value is -2.49. The Morgan fingerprint density at radius 2 is 1.80 bits per heavy atom. The fourth-order valence-corrected chi connectivity index (χ4v) is 2.64. The van der Waals surface area contributed by atoms with Gasteiger partial charge in [0.15, 0.2) is 6.10 Å². The predicted molar refractivity (Wildman–Crippen MR) is 100 cm³/mol. The van der Waals surface area contributed by atoms with Crippen molar-refractivity contribution in [2.75, 3.05) is 13.7 Å². The average Bonchev–Trinajstić information content (AvgIpc) is 2.62. The van der Waals surface area contributed by atoms with Crippen LogP contribution in [-0.2, 0) is 11.2 Å². The number of rotatable bonds is 8. The molecule has 134 valence electrons. The van der Waals surface area contributed by atoms with Gasteiger partial charge in [-0.3, -0.25) is 4.79 Å². The Morgan fingerprint density at radius 1 is 1.08 bits per heavy atom. The van der Waals surface area contributed by atoms with Crippen molar-refractivity contribution in [1.82, 2.24) is 5.32 Å². The average molecular weight is 341 g/mol. The Balaban J connectivity index is 1.79. The van der Waals surface area contributed by atoms with Gasteiger partial charge in [-0.15, -0.1) is 0 Å². The molecule has 0 heterocycles. The summed E-state index contributed by atoms with van der Waals surface area (Å²) in [5.41, 5.74) is 3.37. The van der Waals surface area contributed by atoms with Gasteiger partial charge in [-0.25, -0.2) is 0 Å². The second-order valence-electron chi connectivity index (χ2n) is 6.16. The monoisotopic (exact) mass is 341 g/mol. The number of carbonyl (C=O) groups excluding carboxylic acids is 1. The molecule has 2 aromatic carbocycles. The number of benzene rings is 2. The number of hydrogen-bond acceptors (Lipinski definition) is 3. The normalized spacial score (nSPS) is 11.7. The van der Waals surface area contributed by atoms with Gasteiger partial charge in [0, 0.05) is 6.54 Å². The third-order valence-corrected chi connectivity index (χ3v) is 4.34. The number of ether oxygens (including phenoxy) is 2. The van der Waals surface area contributed by atoms with Crippen LogP contribution in [0.25, 0.3) is 0 Å². The third-order valence-electron chi connectivity index (χ3n) is 4.34. The quantitative estimate of drug-likeness (QED) is 0.742. The molecule has 4 nitrogen and oxygen atoms in total. The molecule has 0 spiro atoms. The molecular weight excluding hydrogens is 314 g/mol. The molecule has 0 bridgehead atoms. The van der Waals surface area contributed by atoms with Crippen LogP contribution < -0.4 is 14.8 Å². The van der Waals surface area contributed by atoms with Crippen molar-refractivity contribution in [3.05, 3.63) is 59.2 Å². The van der Waals surface area contributed by atoms with Crippen LogP contribution in [-0.4, -0.2) is 25.7 Å². The minimum Gasteiger partial charge on any atom is -0.496 e. The SMILES string of the molecule is COc1ccccc1CCCNC(=O)[C@@H](C)Oc1cccc(C)c1C. The van der Waals surface area contributed by atoms with Gasteiger partial charge in [0.1, 0.15) is 11.5 Å². The van der Waals surface area contributed by atoms with E-state index < -0.39 is 6.10 Å². The molecule has 0 radical (unpaired) electrons. The number of amides is 1. The van der Waals surface area contributed by atoms with Crippen LogP contribution in [0.3, 0.4) is 0 Å². The van der Waals surface area contributed by atoms with Gasteiger partial charge >= 0.3 is 0 Å². The highest BCUT2D eigenvalue weighted by Crippen LogP contribution is 2.22. The van der Waals surface area contributed by atoms with Gasteiger partial charge in [0.2, 0.25) is 0 Å². The molecule has 1 N–H and O–H groups in total. The zero-order valence-electron chi connectivity index (χ0n) is 15.5. The molecule has 2 aromatic rings. The van der Waals surface area contributed by atoms with Crippen LogP contribution in [0.1, 0.15) is 30.0 Å². The number of hydrogen-bond donors (Lipinski definition) is 1. The molecule has 0 aliphatic carbocycles. The third kappa shape index (κ3) is 5.24. The first-order chi connectivity index (χ1) is 12.0. The molecule has 25 heavy (non-hydrogen) atoms. The molecule has 1 amide bonds. The van der Waals surface area contributed by atoms with E-state index in [0.29, 0.717) is 6.54 Å². The maximum Gasteiger partial charge on any atom is 0.260 e. The van der Waals surface area contributed by atoms with Gasteiger partial charge in [0.05, 0.1) is 7.11 Å². The van der Waals surface area contributed by atoms with E-state index in [-0.39, 0.29) is 5.91 Å². The fourth-order valence-electron chi connectivity index (χ4n) is 2.64. The van der Waals surface area contributed by atoms with Crippen LogP contribution in [0, 0.1) is 13.8 Å². The number of nitrogens with one attached hydrogen (secondary N) is 1. The predicted octanol–water partition coefficient (Wildman–Crippen LogP) is 3.83. The van der Waals surface area contributed by atoms with E-state index in [2.05, 4.69) is 5.32 Å². The summed E-state index contributed by atoms with van der Waals surface area (Å²) in [5, 5.41) is 2.94. The van der Waals surface area contributed by atoms with E-state index in [0.717, 1.165) is 41.0 Å². The van der Waals surface area contributed by atoms with Crippen LogP contribution >= 0.6 is 0 Å². The van der Waals surface area contributed by atoms with E-state index >= 15 is 0 Å².